The molecule has 2 aromatic rings. The molecule has 0 spiro atoms. The number of aryl methyl sites for hydroxylation is 2. The predicted octanol–water partition coefficient (Wildman–Crippen LogP) is 4.32. The Kier molecular flexibility index (Phi) is 3.88. The lowest BCUT2D eigenvalue weighted by Gasteiger charge is -2.14. The van der Waals surface area contributed by atoms with Gasteiger partial charge in [0.05, 0.1) is 5.02 Å². The Morgan fingerprint density at radius 2 is 1.58 bits per heavy atom. The van der Waals surface area contributed by atoms with Crippen molar-refractivity contribution in [2.24, 2.45) is 0 Å². The summed E-state index contributed by atoms with van der Waals surface area (Å²) >= 11 is 5.60. The third kappa shape index (κ3) is 2.77. The molecule has 1 nitrogen and oxygen atoms in total. The van der Waals surface area contributed by atoms with Crippen molar-refractivity contribution in [3.8, 4) is 0 Å². The van der Waals surface area contributed by atoms with Crippen molar-refractivity contribution in [1.29, 1.82) is 0 Å². The quantitative estimate of drug-likeness (QED) is 0.870. The van der Waals surface area contributed by atoms with E-state index in [-0.39, 0.29) is 10.8 Å². The van der Waals surface area contributed by atoms with E-state index in [4.69, 9.17) is 11.6 Å². The lowest BCUT2D eigenvalue weighted by Crippen LogP contribution is -2.03. The first-order valence-corrected chi connectivity index (χ1v) is 6.17. The summed E-state index contributed by atoms with van der Waals surface area (Å²) in [4.78, 5) is 0. The molecule has 0 aliphatic carbocycles. The lowest BCUT2D eigenvalue weighted by atomic mass is 9.97. The second-order valence-corrected chi connectivity index (χ2v) is 4.95. The minimum Gasteiger partial charge on any atom is -0.384 e. The van der Waals surface area contributed by atoms with Gasteiger partial charge in [-0.2, -0.15) is 0 Å². The fourth-order valence-electron chi connectivity index (χ4n) is 2.01. The molecule has 19 heavy (non-hydrogen) atoms. The lowest BCUT2D eigenvalue weighted by molar-refractivity contribution is 0.219. The SMILES string of the molecule is Cc1cc(C(O)c2ccc(Cl)c(F)c2)cc(C)c1F. The molecule has 0 fully saturated rings. The second kappa shape index (κ2) is 5.27. The van der Waals surface area contributed by atoms with Gasteiger partial charge in [0.2, 0.25) is 0 Å². The Hall–Kier alpha value is -1.45. The maximum atomic E-state index is 13.5. The third-order valence-electron chi connectivity index (χ3n) is 3.03. The average Bonchev–Trinajstić information content (AvgIpc) is 2.37. The van der Waals surface area contributed by atoms with E-state index in [9.17, 15) is 13.9 Å². The largest absolute Gasteiger partial charge is 0.384 e. The number of rotatable bonds is 2. The molecule has 2 rings (SSSR count). The molecule has 0 saturated heterocycles. The summed E-state index contributed by atoms with van der Waals surface area (Å²) in [5, 5.41) is 10.2. The molecule has 0 aromatic heterocycles. The van der Waals surface area contributed by atoms with Crippen LogP contribution in [0.5, 0.6) is 0 Å². The number of halogens is 3. The van der Waals surface area contributed by atoms with Crippen LogP contribution < -0.4 is 0 Å². The van der Waals surface area contributed by atoms with E-state index in [1.54, 1.807) is 32.0 Å². The molecule has 1 unspecified atom stereocenters. The van der Waals surface area contributed by atoms with Gasteiger partial charge < -0.3 is 5.11 Å². The zero-order chi connectivity index (χ0) is 14.2. The number of hydrogen-bond donors (Lipinski definition) is 1. The van der Waals surface area contributed by atoms with Crippen molar-refractivity contribution in [3.05, 3.63) is 69.2 Å². The number of aliphatic hydroxyl groups excluding tert-OH is 1. The Balaban J connectivity index is 2.43. The summed E-state index contributed by atoms with van der Waals surface area (Å²) < 4.78 is 26.9. The zero-order valence-corrected chi connectivity index (χ0v) is 11.3. The van der Waals surface area contributed by atoms with Crippen LogP contribution in [0.2, 0.25) is 5.02 Å². The van der Waals surface area contributed by atoms with Crippen molar-refractivity contribution in [1.82, 2.24) is 0 Å². The van der Waals surface area contributed by atoms with Crippen LogP contribution in [0.1, 0.15) is 28.4 Å². The Labute approximate surface area is 115 Å². The van der Waals surface area contributed by atoms with Crippen LogP contribution in [-0.4, -0.2) is 5.11 Å². The summed E-state index contributed by atoms with van der Waals surface area (Å²) in [7, 11) is 0. The molecule has 0 radical (unpaired) electrons. The van der Waals surface area contributed by atoms with Crippen LogP contribution in [0.3, 0.4) is 0 Å². The fraction of sp³-hybridized carbons (Fsp3) is 0.200. The highest BCUT2D eigenvalue weighted by Gasteiger charge is 2.15. The summed E-state index contributed by atoms with van der Waals surface area (Å²) in [6.07, 6.45) is -1.01. The fourth-order valence-corrected chi connectivity index (χ4v) is 2.13. The molecule has 0 aliphatic rings. The molecule has 0 heterocycles. The van der Waals surface area contributed by atoms with Crippen LogP contribution >= 0.6 is 11.6 Å². The van der Waals surface area contributed by atoms with E-state index in [2.05, 4.69) is 0 Å². The van der Waals surface area contributed by atoms with Gasteiger partial charge in [0.15, 0.2) is 0 Å². The first-order chi connectivity index (χ1) is 8.90. The van der Waals surface area contributed by atoms with E-state index in [1.807, 2.05) is 0 Å². The third-order valence-corrected chi connectivity index (χ3v) is 3.34. The van der Waals surface area contributed by atoms with E-state index in [1.165, 1.54) is 12.1 Å². The molecule has 1 atom stereocenters. The highest BCUT2D eigenvalue weighted by atomic mass is 35.5. The number of benzene rings is 2. The van der Waals surface area contributed by atoms with E-state index >= 15 is 0 Å². The molecule has 1 N–H and O–H groups in total. The van der Waals surface area contributed by atoms with Gasteiger partial charge in [-0.25, -0.2) is 8.78 Å². The molecule has 2 aromatic carbocycles. The summed E-state index contributed by atoms with van der Waals surface area (Å²) in [5.74, 6) is -0.882. The van der Waals surface area contributed by atoms with Gasteiger partial charge >= 0.3 is 0 Å². The van der Waals surface area contributed by atoms with Gasteiger partial charge in [0, 0.05) is 0 Å². The van der Waals surface area contributed by atoms with Crippen LogP contribution in [0.25, 0.3) is 0 Å². The van der Waals surface area contributed by atoms with Crippen LogP contribution in [-0.2, 0) is 0 Å². The summed E-state index contributed by atoms with van der Waals surface area (Å²) in [6, 6.07) is 7.23. The minimum absolute atomic E-state index is 0.00224. The molecule has 0 amide bonds. The standard InChI is InChI=1S/C15H13ClF2O/c1-8-5-11(6-9(2)14(8)18)15(19)10-3-4-12(16)13(17)7-10/h3-7,15,19H,1-2H3. The van der Waals surface area contributed by atoms with Crippen molar-refractivity contribution >= 4 is 11.6 Å². The van der Waals surface area contributed by atoms with E-state index < -0.39 is 11.9 Å². The van der Waals surface area contributed by atoms with Gasteiger partial charge in [-0.3, -0.25) is 0 Å². The first-order valence-electron chi connectivity index (χ1n) is 5.80. The van der Waals surface area contributed by atoms with Gasteiger partial charge in [-0.15, -0.1) is 0 Å². The van der Waals surface area contributed by atoms with Gasteiger partial charge in [0.1, 0.15) is 17.7 Å². The zero-order valence-electron chi connectivity index (χ0n) is 10.5. The van der Waals surface area contributed by atoms with E-state index in [0.29, 0.717) is 22.3 Å². The average molecular weight is 283 g/mol. The number of hydrogen-bond acceptors (Lipinski definition) is 1. The van der Waals surface area contributed by atoms with Crippen LogP contribution in [0.4, 0.5) is 8.78 Å². The topological polar surface area (TPSA) is 20.2 Å². The molecule has 0 aliphatic heterocycles. The first kappa shape index (κ1) is 14.0. The van der Waals surface area contributed by atoms with Crippen molar-refractivity contribution < 1.29 is 13.9 Å². The second-order valence-electron chi connectivity index (χ2n) is 4.54. The van der Waals surface area contributed by atoms with Gasteiger partial charge in [-0.05, 0) is 48.2 Å². The van der Waals surface area contributed by atoms with Gasteiger partial charge in [-0.1, -0.05) is 29.8 Å². The van der Waals surface area contributed by atoms with Crippen molar-refractivity contribution in [2.45, 2.75) is 20.0 Å². The highest BCUT2D eigenvalue weighted by Crippen LogP contribution is 2.27. The van der Waals surface area contributed by atoms with Crippen molar-refractivity contribution in [2.75, 3.05) is 0 Å². The molecule has 100 valence electrons. The molecular weight excluding hydrogens is 270 g/mol. The number of aliphatic hydroxyl groups is 1. The highest BCUT2D eigenvalue weighted by molar-refractivity contribution is 6.30. The van der Waals surface area contributed by atoms with Crippen molar-refractivity contribution in [3.63, 3.8) is 0 Å². The van der Waals surface area contributed by atoms with Crippen LogP contribution in [0.15, 0.2) is 30.3 Å². The monoisotopic (exact) mass is 282 g/mol. The Morgan fingerprint density at radius 3 is 2.11 bits per heavy atom. The normalized spacial score (nSPS) is 12.5. The van der Waals surface area contributed by atoms with Crippen LogP contribution in [0, 0.1) is 25.5 Å². The molecular formula is C15H13ClF2O. The Morgan fingerprint density at radius 1 is 1.00 bits per heavy atom. The maximum absolute atomic E-state index is 13.5. The predicted molar refractivity (Wildman–Crippen MR) is 71.3 cm³/mol. The van der Waals surface area contributed by atoms with E-state index in [0.717, 1.165) is 0 Å². The summed E-state index contributed by atoms with van der Waals surface area (Å²) in [6.45, 7) is 3.25. The Bertz CT molecular complexity index is 603. The molecule has 0 bridgehead atoms. The molecule has 0 saturated carbocycles. The minimum atomic E-state index is -1.01. The van der Waals surface area contributed by atoms with Gasteiger partial charge in [0.25, 0.3) is 0 Å². The maximum Gasteiger partial charge on any atom is 0.142 e. The molecule has 4 heteroatoms. The summed E-state index contributed by atoms with van der Waals surface area (Å²) in [5.41, 5.74) is 1.80. The smallest absolute Gasteiger partial charge is 0.142 e.